The number of fused-ring (bicyclic) bond motifs is 1. The van der Waals surface area contributed by atoms with Crippen LogP contribution in [0.15, 0.2) is 47.3 Å². The summed E-state index contributed by atoms with van der Waals surface area (Å²) in [5.41, 5.74) is -0.304. The van der Waals surface area contributed by atoms with E-state index >= 15 is 0 Å². The van der Waals surface area contributed by atoms with Crippen LogP contribution >= 0.6 is 0 Å². The second-order valence-electron chi connectivity index (χ2n) is 7.85. The molecule has 3 aromatic rings. The Labute approximate surface area is 181 Å². The predicted octanol–water partition coefficient (Wildman–Crippen LogP) is 3.90. The monoisotopic (exact) mass is 446 g/mol. The van der Waals surface area contributed by atoms with Crippen molar-refractivity contribution in [1.29, 1.82) is 0 Å². The van der Waals surface area contributed by atoms with Crippen molar-refractivity contribution in [1.82, 2.24) is 14.5 Å². The fraction of sp³-hybridized carbons (Fsp3) is 0.318. The number of anilines is 1. The Bertz CT molecular complexity index is 1260. The SMILES string of the molecule is Cc1ccccc1-n1c(=O)nc(N2CC[C@H](N(C)C(=O)O)C2)c2ccc(C(F)(F)F)cc21. The van der Waals surface area contributed by atoms with Crippen LogP contribution in [0.2, 0.25) is 0 Å². The summed E-state index contributed by atoms with van der Waals surface area (Å²) in [5, 5.41) is 9.63. The maximum absolute atomic E-state index is 13.5. The normalized spacial score (nSPS) is 16.5. The minimum absolute atomic E-state index is 0.0964. The maximum Gasteiger partial charge on any atom is 0.416 e. The second-order valence-corrected chi connectivity index (χ2v) is 7.85. The van der Waals surface area contributed by atoms with E-state index in [2.05, 4.69) is 4.98 Å². The quantitative estimate of drug-likeness (QED) is 0.660. The van der Waals surface area contributed by atoms with Gasteiger partial charge in [-0.3, -0.25) is 4.57 Å². The Hall–Kier alpha value is -3.56. The average molecular weight is 446 g/mol. The Morgan fingerprint density at radius 2 is 1.94 bits per heavy atom. The molecule has 1 aromatic heterocycles. The Balaban J connectivity index is 1.92. The number of aromatic nitrogens is 2. The molecule has 1 saturated heterocycles. The molecule has 1 N–H and O–H groups in total. The molecule has 0 unspecified atom stereocenters. The van der Waals surface area contributed by atoms with Gasteiger partial charge in [-0.2, -0.15) is 18.2 Å². The van der Waals surface area contributed by atoms with E-state index in [0.29, 0.717) is 36.1 Å². The molecule has 1 amide bonds. The number of para-hydroxylation sites is 1. The summed E-state index contributed by atoms with van der Waals surface area (Å²) in [6.45, 7) is 2.49. The number of hydrogen-bond acceptors (Lipinski definition) is 4. The van der Waals surface area contributed by atoms with Crippen molar-refractivity contribution in [3.8, 4) is 5.69 Å². The largest absolute Gasteiger partial charge is 0.465 e. The van der Waals surface area contributed by atoms with Gasteiger partial charge in [-0.25, -0.2) is 9.59 Å². The van der Waals surface area contributed by atoms with Crippen molar-refractivity contribution < 1.29 is 23.1 Å². The molecule has 10 heteroatoms. The van der Waals surface area contributed by atoms with Crippen LogP contribution in [0.25, 0.3) is 16.6 Å². The molecule has 0 aliphatic carbocycles. The first kappa shape index (κ1) is 21.7. The van der Waals surface area contributed by atoms with Gasteiger partial charge in [-0.1, -0.05) is 18.2 Å². The number of aryl methyl sites for hydroxylation is 1. The summed E-state index contributed by atoms with van der Waals surface area (Å²) in [6, 6.07) is 9.85. The molecule has 1 fully saturated rings. The number of carbonyl (C=O) groups is 1. The van der Waals surface area contributed by atoms with Gasteiger partial charge in [0.25, 0.3) is 0 Å². The number of nitrogens with zero attached hydrogens (tertiary/aromatic N) is 4. The van der Waals surface area contributed by atoms with Gasteiger partial charge in [0.1, 0.15) is 5.82 Å². The minimum Gasteiger partial charge on any atom is -0.465 e. The zero-order valence-electron chi connectivity index (χ0n) is 17.4. The Morgan fingerprint density at radius 3 is 2.59 bits per heavy atom. The molecule has 0 radical (unpaired) electrons. The summed E-state index contributed by atoms with van der Waals surface area (Å²) < 4.78 is 41.6. The van der Waals surface area contributed by atoms with Crippen LogP contribution in [0.3, 0.4) is 0 Å². The van der Waals surface area contributed by atoms with Crippen LogP contribution in [-0.4, -0.2) is 51.8 Å². The van der Waals surface area contributed by atoms with Crippen LogP contribution in [0.4, 0.5) is 23.8 Å². The molecule has 168 valence electrons. The molecule has 0 bridgehead atoms. The van der Waals surface area contributed by atoms with Crippen LogP contribution in [0, 0.1) is 6.92 Å². The number of hydrogen-bond donors (Lipinski definition) is 1. The van der Waals surface area contributed by atoms with Gasteiger partial charge in [0.15, 0.2) is 0 Å². The van der Waals surface area contributed by atoms with E-state index in [1.165, 1.54) is 22.6 Å². The van der Waals surface area contributed by atoms with Crippen LogP contribution in [0.5, 0.6) is 0 Å². The number of amides is 1. The zero-order valence-corrected chi connectivity index (χ0v) is 17.4. The van der Waals surface area contributed by atoms with Crippen molar-refractivity contribution in [2.45, 2.75) is 25.6 Å². The van der Waals surface area contributed by atoms with Crippen molar-refractivity contribution in [3.05, 3.63) is 64.1 Å². The lowest BCUT2D eigenvalue weighted by molar-refractivity contribution is -0.137. The van der Waals surface area contributed by atoms with Gasteiger partial charge in [-0.05, 0) is 43.2 Å². The van der Waals surface area contributed by atoms with Crippen molar-refractivity contribution in [2.75, 3.05) is 25.0 Å². The van der Waals surface area contributed by atoms with Crippen LogP contribution in [-0.2, 0) is 6.18 Å². The van der Waals surface area contributed by atoms with E-state index in [1.54, 1.807) is 36.1 Å². The number of rotatable bonds is 3. The van der Waals surface area contributed by atoms with Crippen LogP contribution in [0.1, 0.15) is 17.5 Å². The molecule has 0 saturated carbocycles. The van der Waals surface area contributed by atoms with E-state index in [4.69, 9.17) is 0 Å². The molecule has 0 spiro atoms. The van der Waals surface area contributed by atoms with E-state index in [1.807, 2.05) is 0 Å². The fourth-order valence-corrected chi connectivity index (χ4v) is 4.08. The average Bonchev–Trinajstić information content (AvgIpc) is 3.22. The van der Waals surface area contributed by atoms with Crippen molar-refractivity contribution in [2.24, 2.45) is 0 Å². The number of alkyl halides is 3. The third-order valence-electron chi connectivity index (χ3n) is 5.87. The molecule has 32 heavy (non-hydrogen) atoms. The number of benzene rings is 2. The molecular formula is C22H21F3N4O3. The van der Waals surface area contributed by atoms with Gasteiger partial charge < -0.3 is 14.9 Å². The highest BCUT2D eigenvalue weighted by molar-refractivity contribution is 5.91. The predicted molar refractivity (Wildman–Crippen MR) is 113 cm³/mol. The summed E-state index contributed by atoms with van der Waals surface area (Å²) in [6.07, 6.45) is -5.12. The maximum atomic E-state index is 13.5. The number of carboxylic acid groups (broad SMARTS) is 1. The highest BCUT2D eigenvalue weighted by atomic mass is 19.4. The highest BCUT2D eigenvalue weighted by Crippen LogP contribution is 2.35. The van der Waals surface area contributed by atoms with Gasteiger partial charge in [-0.15, -0.1) is 0 Å². The fourth-order valence-electron chi connectivity index (χ4n) is 4.08. The molecule has 2 aromatic carbocycles. The number of likely N-dealkylation sites (N-methyl/N-ethyl adjacent to an activating group) is 1. The van der Waals surface area contributed by atoms with E-state index in [0.717, 1.165) is 12.1 Å². The zero-order chi connectivity index (χ0) is 23.2. The van der Waals surface area contributed by atoms with Crippen molar-refractivity contribution >= 4 is 22.8 Å². The van der Waals surface area contributed by atoms with Gasteiger partial charge in [0, 0.05) is 25.5 Å². The highest BCUT2D eigenvalue weighted by Gasteiger charge is 2.33. The van der Waals surface area contributed by atoms with Gasteiger partial charge in [0.2, 0.25) is 0 Å². The van der Waals surface area contributed by atoms with E-state index < -0.39 is 23.5 Å². The first-order chi connectivity index (χ1) is 15.1. The van der Waals surface area contributed by atoms with E-state index in [-0.39, 0.29) is 17.4 Å². The van der Waals surface area contributed by atoms with Gasteiger partial charge in [0.05, 0.1) is 22.8 Å². The third kappa shape index (κ3) is 3.76. The molecule has 7 nitrogen and oxygen atoms in total. The lowest BCUT2D eigenvalue weighted by Crippen LogP contribution is -2.38. The summed E-state index contributed by atoms with van der Waals surface area (Å²) >= 11 is 0. The summed E-state index contributed by atoms with van der Waals surface area (Å²) in [7, 11) is 1.47. The molecular weight excluding hydrogens is 425 g/mol. The Morgan fingerprint density at radius 1 is 1.22 bits per heavy atom. The number of halogens is 3. The third-order valence-corrected chi connectivity index (χ3v) is 5.87. The molecule has 1 aliphatic rings. The molecule has 2 heterocycles. The Kier molecular flexibility index (Phi) is 5.31. The standard InChI is InChI=1S/C22H21F3N4O3/c1-13-5-3-4-6-17(13)29-18-11-14(22(23,24)25)7-8-16(18)19(26-20(29)30)28-10-9-15(12-28)27(2)21(31)32/h3-8,11,15H,9-10,12H2,1-2H3,(H,31,32)/t15-/m0/s1. The van der Waals surface area contributed by atoms with Crippen molar-refractivity contribution in [3.63, 3.8) is 0 Å². The lowest BCUT2D eigenvalue weighted by atomic mass is 10.1. The topological polar surface area (TPSA) is 78.7 Å². The van der Waals surface area contributed by atoms with Crippen LogP contribution < -0.4 is 10.6 Å². The first-order valence-electron chi connectivity index (χ1n) is 9.98. The summed E-state index contributed by atoms with van der Waals surface area (Å²) in [5.74, 6) is 0.254. The minimum atomic E-state index is -4.58. The second kappa shape index (κ2) is 7.85. The molecule has 4 rings (SSSR count). The molecule has 1 aliphatic heterocycles. The van der Waals surface area contributed by atoms with E-state index in [9.17, 15) is 27.9 Å². The smallest absolute Gasteiger partial charge is 0.416 e. The molecule has 1 atom stereocenters. The lowest BCUT2D eigenvalue weighted by Gasteiger charge is -2.24. The summed E-state index contributed by atoms with van der Waals surface area (Å²) in [4.78, 5) is 31.5. The first-order valence-corrected chi connectivity index (χ1v) is 9.98. The van der Waals surface area contributed by atoms with Gasteiger partial charge >= 0.3 is 18.0 Å².